The first-order valence-corrected chi connectivity index (χ1v) is 10.4. The Balaban J connectivity index is 1.83. The zero-order valence-electron chi connectivity index (χ0n) is 13.1. The van der Waals surface area contributed by atoms with Gasteiger partial charge in [0.2, 0.25) is 15.3 Å². The third-order valence-corrected chi connectivity index (χ3v) is 6.42. The van der Waals surface area contributed by atoms with Crippen molar-refractivity contribution in [2.75, 3.05) is 10.0 Å². The molecule has 1 aliphatic carbocycles. The van der Waals surface area contributed by atoms with E-state index in [2.05, 4.69) is 45.9 Å². The summed E-state index contributed by atoms with van der Waals surface area (Å²) >= 11 is 9.20. The lowest BCUT2D eigenvalue weighted by Crippen LogP contribution is -2.18. The molecule has 0 amide bonds. The lowest BCUT2D eigenvalue weighted by atomic mass is 10.2. The van der Waals surface area contributed by atoms with Crippen LogP contribution < -0.4 is 10.0 Å². The van der Waals surface area contributed by atoms with Crippen LogP contribution in [0.2, 0.25) is 5.28 Å². The summed E-state index contributed by atoms with van der Waals surface area (Å²) in [4.78, 5) is 16.5. The fraction of sp³-hybridized carbons (Fsp3) is 0.200. The number of sulfonamides is 1. The highest BCUT2D eigenvalue weighted by Crippen LogP contribution is 2.36. The Bertz CT molecular complexity index is 1110. The standard InChI is InChI=1S/C15H12BrClN6O2S/c16-9-7-20-15(17)22-14(9)21-11-4-3-10-12(19-6-5-18-10)13(11)23-26(24,25)8-1-2-8/h3-8,23H,1-2H2,(H,20,21,22). The van der Waals surface area contributed by atoms with Crippen molar-refractivity contribution in [3.63, 3.8) is 0 Å². The zero-order valence-corrected chi connectivity index (χ0v) is 16.3. The van der Waals surface area contributed by atoms with Crippen LogP contribution in [0.4, 0.5) is 17.2 Å². The van der Waals surface area contributed by atoms with Crippen molar-refractivity contribution in [2.45, 2.75) is 18.1 Å². The fourth-order valence-corrected chi connectivity index (χ4v) is 4.25. The summed E-state index contributed by atoms with van der Waals surface area (Å²) in [6.45, 7) is 0. The molecule has 0 unspecified atom stereocenters. The van der Waals surface area contributed by atoms with E-state index in [9.17, 15) is 8.42 Å². The monoisotopic (exact) mass is 454 g/mol. The molecule has 2 N–H and O–H groups in total. The average molecular weight is 456 g/mol. The Morgan fingerprint density at radius 1 is 1.15 bits per heavy atom. The van der Waals surface area contributed by atoms with E-state index in [1.165, 1.54) is 12.4 Å². The van der Waals surface area contributed by atoms with Gasteiger partial charge in [-0.05, 0) is 52.5 Å². The molecule has 2 aromatic heterocycles. The smallest absolute Gasteiger partial charge is 0.235 e. The second kappa shape index (κ2) is 6.60. The first-order chi connectivity index (χ1) is 12.4. The quantitative estimate of drug-likeness (QED) is 0.567. The number of fused-ring (bicyclic) bond motifs is 1. The number of benzene rings is 1. The molecule has 4 rings (SSSR count). The Kier molecular flexibility index (Phi) is 4.41. The van der Waals surface area contributed by atoms with Gasteiger partial charge in [-0.1, -0.05) is 0 Å². The SMILES string of the molecule is O=S(=O)(Nc1c(Nc2nc(Cl)ncc2Br)ccc2nccnc12)C1CC1. The molecule has 8 nitrogen and oxygen atoms in total. The highest BCUT2D eigenvalue weighted by atomic mass is 79.9. The number of anilines is 3. The van der Waals surface area contributed by atoms with Gasteiger partial charge < -0.3 is 5.32 Å². The summed E-state index contributed by atoms with van der Waals surface area (Å²) in [5.74, 6) is 0.403. The maximum absolute atomic E-state index is 12.5. The van der Waals surface area contributed by atoms with E-state index in [0.717, 1.165) is 0 Å². The molecule has 1 aromatic carbocycles. The van der Waals surface area contributed by atoms with E-state index in [1.54, 1.807) is 18.3 Å². The van der Waals surface area contributed by atoms with Crippen LogP contribution in [-0.2, 0) is 10.0 Å². The van der Waals surface area contributed by atoms with Crippen molar-refractivity contribution >= 4 is 65.8 Å². The van der Waals surface area contributed by atoms with Gasteiger partial charge in [0.15, 0.2) is 0 Å². The lowest BCUT2D eigenvalue weighted by molar-refractivity contribution is 0.600. The van der Waals surface area contributed by atoms with Gasteiger partial charge in [0, 0.05) is 18.6 Å². The number of hydrogen-bond donors (Lipinski definition) is 2. The third kappa shape index (κ3) is 3.44. The van der Waals surface area contributed by atoms with E-state index >= 15 is 0 Å². The van der Waals surface area contributed by atoms with Crippen LogP contribution >= 0.6 is 27.5 Å². The molecular weight excluding hydrogens is 444 g/mol. The van der Waals surface area contributed by atoms with Crippen LogP contribution in [0, 0.1) is 0 Å². The maximum Gasteiger partial charge on any atom is 0.235 e. The first-order valence-electron chi connectivity index (χ1n) is 7.64. The van der Waals surface area contributed by atoms with Crippen molar-refractivity contribution in [1.82, 2.24) is 19.9 Å². The summed E-state index contributed by atoms with van der Waals surface area (Å²) in [7, 11) is -3.49. The van der Waals surface area contributed by atoms with Gasteiger partial charge in [0.25, 0.3) is 0 Å². The normalized spacial score (nSPS) is 14.4. The molecule has 0 atom stereocenters. The molecule has 2 heterocycles. The average Bonchev–Trinajstić information content (AvgIpc) is 3.46. The number of halogens is 2. The van der Waals surface area contributed by atoms with E-state index in [4.69, 9.17) is 11.6 Å². The molecule has 134 valence electrons. The van der Waals surface area contributed by atoms with Crippen LogP contribution in [0.3, 0.4) is 0 Å². The topological polar surface area (TPSA) is 110 Å². The van der Waals surface area contributed by atoms with E-state index in [1.807, 2.05) is 0 Å². The second-order valence-corrected chi connectivity index (χ2v) is 8.87. The van der Waals surface area contributed by atoms with E-state index in [0.29, 0.717) is 45.5 Å². The van der Waals surface area contributed by atoms with Gasteiger partial charge in [-0.25, -0.2) is 13.4 Å². The Hall–Kier alpha value is -2.04. The molecule has 0 bridgehead atoms. The highest BCUT2D eigenvalue weighted by Gasteiger charge is 2.36. The minimum Gasteiger partial charge on any atom is -0.337 e. The maximum atomic E-state index is 12.5. The molecule has 0 saturated heterocycles. The highest BCUT2D eigenvalue weighted by molar-refractivity contribution is 9.10. The summed E-state index contributed by atoms with van der Waals surface area (Å²) in [5.41, 5.74) is 1.83. The molecule has 11 heteroatoms. The Labute approximate surface area is 162 Å². The van der Waals surface area contributed by atoms with Gasteiger partial charge in [-0.2, -0.15) is 4.98 Å². The molecule has 1 fully saturated rings. The van der Waals surface area contributed by atoms with Gasteiger partial charge in [0.05, 0.1) is 26.6 Å². The van der Waals surface area contributed by atoms with Crippen molar-refractivity contribution < 1.29 is 8.42 Å². The minimum atomic E-state index is -3.49. The number of rotatable bonds is 5. The third-order valence-electron chi connectivity index (χ3n) is 3.82. The van der Waals surface area contributed by atoms with Crippen LogP contribution in [0.1, 0.15) is 12.8 Å². The molecule has 3 aromatic rings. The van der Waals surface area contributed by atoms with Gasteiger partial charge in [0.1, 0.15) is 11.3 Å². The molecule has 0 spiro atoms. The van der Waals surface area contributed by atoms with Crippen LogP contribution in [0.5, 0.6) is 0 Å². The minimum absolute atomic E-state index is 0.0661. The largest absolute Gasteiger partial charge is 0.337 e. The molecule has 0 radical (unpaired) electrons. The van der Waals surface area contributed by atoms with E-state index in [-0.39, 0.29) is 10.5 Å². The Morgan fingerprint density at radius 2 is 1.92 bits per heavy atom. The summed E-state index contributed by atoms with van der Waals surface area (Å²) < 4.78 is 28.2. The molecule has 1 aliphatic rings. The van der Waals surface area contributed by atoms with E-state index < -0.39 is 10.0 Å². The molecule has 26 heavy (non-hydrogen) atoms. The number of hydrogen-bond acceptors (Lipinski definition) is 7. The zero-order chi connectivity index (χ0) is 18.3. The van der Waals surface area contributed by atoms with Crippen molar-refractivity contribution in [1.29, 1.82) is 0 Å². The van der Waals surface area contributed by atoms with Crippen LogP contribution in [-0.4, -0.2) is 33.6 Å². The van der Waals surface area contributed by atoms with Gasteiger partial charge in [-0.15, -0.1) is 0 Å². The predicted molar refractivity (Wildman–Crippen MR) is 103 cm³/mol. The first kappa shape index (κ1) is 17.4. The summed E-state index contributed by atoms with van der Waals surface area (Å²) in [5, 5.41) is 2.77. The molecular formula is C15H12BrClN6O2S. The predicted octanol–water partition coefficient (Wildman–Crippen LogP) is 3.48. The van der Waals surface area contributed by atoms with Gasteiger partial charge in [-0.3, -0.25) is 14.7 Å². The van der Waals surface area contributed by atoms with Crippen molar-refractivity contribution in [3.05, 3.63) is 40.5 Å². The number of aromatic nitrogens is 4. The van der Waals surface area contributed by atoms with Gasteiger partial charge >= 0.3 is 0 Å². The lowest BCUT2D eigenvalue weighted by Gasteiger charge is -2.16. The molecule has 0 aliphatic heterocycles. The van der Waals surface area contributed by atoms with Crippen molar-refractivity contribution in [2.24, 2.45) is 0 Å². The Morgan fingerprint density at radius 3 is 2.69 bits per heavy atom. The fourth-order valence-electron chi connectivity index (χ4n) is 2.41. The summed E-state index contributed by atoms with van der Waals surface area (Å²) in [6.07, 6.45) is 5.88. The van der Waals surface area contributed by atoms with Crippen molar-refractivity contribution in [3.8, 4) is 0 Å². The second-order valence-electron chi connectivity index (χ2n) is 5.72. The van der Waals surface area contributed by atoms with Crippen LogP contribution in [0.15, 0.2) is 35.2 Å². The summed E-state index contributed by atoms with van der Waals surface area (Å²) in [6, 6.07) is 3.46. The van der Waals surface area contributed by atoms with Crippen LogP contribution in [0.25, 0.3) is 11.0 Å². The molecule has 1 saturated carbocycles. The number of nitrogens with zero attached hydrogens (tertiary/aromatic N) is 4. The number of nitrogens with one attached hydrogen (secondary N) is 2.